The first-order valence-electron chi connectivity index (χ1n) is 12.3. The lowest BCUT2D eigenvalue weighted by Crippen LogP contribution is -2.52. The number of carbonyl (C=O) groups is 2. The van der Waals surface area contributed by atoms with E-state index in [0.29, 0.717) is 39.2 Å². The third kappa shape index (κ3) is 7.25. The van der Waals surface area contributed by atoms with Gasteiger partial charge in [0.05, 0.1) is 10.6 Å². The van der Waals surface area contributed by atoms with Crippen molar-refractivity contribution >= 4 is 62.3 Å². The van der Waals surface area contributed by atoms with Crippen molar-refractivity contribution in [2.24, 2.45) is 0 Å². The van der Waals surface area contributed by atoms with Gasteiger partial charge in [0.25, 0.3) is 10.0 Å². The molecule has 1 N–H and O–H groups in total. The summed E-state index contributed by atoms with van der Waals surface area (Å²) < 4.78 is 28.8. The predicted octanol–water partition coefficient (Wildman–Crippen LogP) is 6.09. The molecule has 0 saturated heterocycles. The van der Waals surface area contributed by atoms with E-state index in [0.717, 1.165) is 4.31 Å². The topological polar surface area (TPSA) is 86.8 Å². The summed E-state index contributed by atoms with van der Waals surface area (Å²) in [6.45, 7) is 5.02. The van der Waals surface area contributed by atoms with Crippen LogP contribution in [0, 0.1) is 6.92 Å². The second-order valence-corrected chi connectivity index (χ2v) is 11.9. The summed E-state index contributed by atoms with van der Waals surface area (Å²) in [5.41, 5.74) is 1.32. The van der Waals surface area contributed by atoms with Crippen LogP contribution >= 0.6 is 34.8 Å². The lowest BCUT2D eigenvalue weighted by molar-refractivity contribution is -0.140. The third-order valence-electron chi connectivity index (χ3n) is 6.21. The lowest BCUT2D eigenvalue weighted by Gasteiger charge is -2.33. The molecule has 39 heavy (non-hydrogen) atoms. The highest BCUT2D eigenvalue weighted by atomic mass is 35.5. The first kappa shape index (κ1) is 30.8. The Labute approximate surface area is 244 Å². The highest BCUT2D eigenvalue weighted by Gasteiger charge is 2.34. The zero-order valence-electron chi connectivity index (χ0n) is 21.8. The zero-order chi connectivity index (χ0) is 28.7. The van der Waals surface area contributed by atoms with Gasteiger partial charge in [-0.15, -0.1) is 0 Å². The van der Waals surface area contributed by atoms with Crippen molar-refractivity contribution < 1.29 is 18.0 Å². The van der Waals surface area contributed by atoms with Gasteiger partial charge in [-0.2, -0.15) is 0 Å². The van der Waals surface area contributed by atoms with Crippen LogP contribution < -0.4 is 9.62 Å². The highest BCUT2D eigenvalue weighted by molar-refractivity contribution is 7.92. The molecule has 0 aliphatic rings. The fraction of sp³-hybridized carbons (Fsp3) is 0.286. The molecule has 0 spiro atoms. The Morgan fingerprint density at radius 2 is 1.62 bits per heavy atom. The van der Waals surface area contributed by atoms with E-state index >= 15 is 0 Å². The maximum atomic E-state index is 14.0. The molecule has 1 atom stereocenters. The number of amides is 2. The Morgan fingerprint density at radius 1 is 0.923 bits per heavy atom. The van der Waals surface area contributed by atoms with Crippen LogP contribution in [0.25, 0.3) is 0 Å². The van der Waals surface area contributed by atoms with Gasteiger partial charge in [0.2, 0.25) is 11.8 Å². The molecule has 1 unspecified atom stereocenters. The van der Waals surface area contributed by atoms with Gasteiger partial charge in [-0.25, -0.2) is 8.42 Å². The molecular formula is C28H30Cl3N3O4S. The summed E-state index contributed by atoms with van der Waals surface area (Å²) in [5.74, 6) is -0.937. The van der Waals surface area contributed by atoms with Crippen molar-refractivity contribution in [2.45, 2.75) is 44.7 Å². The highest BCUT2D eigenvalue weighted by Crippen LogP contribution is 2.31. The maximum Gasteiger partial charge on any atom is 0.264 e. The van der Waals surface area contributed by atoms with Gasteiger partial charge in [-0.1, -0.05) is 72.1 Å². The minimum absolute atomic E-state index is 0.0141. The van der Waals surface area contributed by atoms with Crippen LogP contribution in [0.5, 0.6) is 0 Å². The molecule has 0 aromatic heterocycles. The Bertz CT molecular complexity index is 1440. The van der Waals surface area contributed by atoms with Crippen LogP contribution in [0.2, 0.25) is 15.1 Å². The molecule has 2 amide bonds. The molecule has 0 aliphatic heterocycles. The molecule has 0 aliphatic carbocycles. The molecule has 0 bridgehead atoms. The number of halogens is 3. The van der Waals surface area contributed by atoms with Crippen molar-refractivity contribution in [3.05, 3.63) is 92.9 Å². The summed E-state index contributed by atoms with van der Waals surface area (Å²) in [6.07, 6.45) is 0.296. The van der Waals surface area contributed by atoms with Gasteiger partial charge in [0, 0.05) is 28.2 Å². The SMILES string of the molecule is CCNC(=O)C(CC)N(Cc1ccc(Cl)cc1Cl)C(=O)CN(c1cccc(Cl)c1C)S(=O)(=O)c1ccccc1. The van der Waals surface area contributed by atoms with E-state index in [2.05, 4.69) is 5.32 Å². The minimum atomic E-state index is -4.19. The van der Waals surface area contributed by atoms with Gasteiger partial charge in [-0.05, 0) is 67.8 Å². The molecular weight excluding hydrogens is 581 g/mol. The average Bonchev–Trinajstić information content (AvgIpc) is 2.90. The number of hydrogen-bond acceptors (Lipinski definition) is 4. The van der Waals surface area contributed by atoms with E-state index in [9.17, 15) is 18.0 Å². The number of benzene rings is 3. The number of rotatable bonds is 11. The van der Waals surface area contributed by atoms with Crippen molar-refractivity contribution in [3.8, 4) is 0 Å². The molecule has 0 heterocycles. The Balaban J connectivity index is 2.11. The van der Waals surface area contributed by atoms with Crippen LogP contribution in [0.3, 0.4) is 0 Å². The molecule has 208 valence electrons. The molecule has 11 heteroatoms. The molecule has 3 rings (SSSR count). The molecule has 3 aromatic rings. The molecule has 7 nitrogen and oxygen atoms in total. The summed E-state index contributed by atoms with van der Waals surface area (Å²) >= 11 is 18.8. The number of nitrogens with one attached hydrogen (secondary N) is 1. The van der Waals surface area contributed by atoms with E-state index in [1.165, 1.54) is 17.0 Å². The van der Waals surface area contributed by atoms with E-state index < -0.39 is 28.5 Å². The zero-order valence-corrected chi connectivity index (χ0v) is 24.9. The van der Waals surface area contributed by atoms with Crippen molar-refractivity contribution in [3.63, 3.8) is 0 Å². The number of hydrogen-bond donors (Lipinski definition) is 1. The normalized spacial score (nSPS) is 12.1. The quantitative estimate of drug-likeness (QED) is 0.285. The van der Waals surface area contributed by atoms with Gasteiger partial charge in [0.1, 0.15) is 12.6 Å². The number of nitrogens with zero attached hydrogens (tertiary/aromatic N) is 2. The Kier molecular flexibility index (Phi) is 10.7. The number of likely N-dealkylation sites (N-methyl/N-ethyl adjacent to an activating group) is 1. The summed E-state index contributed by atoms with van der Waals surface area (Å²) in [6, 6.07) is 16.7. The minimum Gasteiger partial charge on any atom is -0.355 e. The van der Waals surface area contributed by atoms with E-state index in [1.807, 2.05) is 0 Å². The molecule has 0 fully saturated rings. The number of anilines is 1. The maximum absolute atomic E-state index is 14.0. The first-order chi connectivity index (χ1) is 18.5. The number of sulfonamides is 1. The van der Waals surface area contributed by atoms with Crippen LogP contribution in [0.1, 0.15) is 31.4 Å². The summed E-state index contributed by atoms with van der Waals surface area (Å²) in [5, 5.41) is 3.87. The van der Waals surface area contributed by atoms with Gasteiger partial charge in [0.15, 0.2) is 0 Å². The fourth-order valence-corrected chi connectivity index (χ4v) is 6.27. The van der Waals surface area contributed by atoms with E-state index in [-0.39, 0.29) is 23.0 Å². The van der Waals surface area contributed by atoms with Crippen LogP contribution in [0.15, 0.2) is 71.6 Å². The summed E-state index contributed by atoms with van der Waals surface area (Å²) in [4.78, 5) is 28.4. The van der Waals surface area contributed by atoms with Crippen LogP contribution in [0.4, 0.5) is 5.69 Å². The van der Waals surface area contributed by atoms with Crippen LogP contribution in [-0.4, -0.2) is 44.3 Å². The van der Waals surface area contributed by atoms with Crippen molar-refractivity contribution in [2.75, 3.05) is 17.4 Å². The van der Waals surface area contributed by atoms with E-state index in [4.69, 9.17) is 34.8 Å². The average molecular weight is 611 g/mol. The Hall–Kier alpha value is -2.78. The Morgan fingerprint density at radius 3 is 2.23 bits per heavy atom. The first-order valence-corrected chi connectivity index (χ1v) is 14.9. The molecule has 3 aromatic carbocycles. The second kappa shape index (κ2) is 13.5. The third-order valence-corrected chi connectivity index (χ3v) is 8.98. The molecule has 0 saturated carbocycles. The van der Waals surface area contributed by atoms with Gasteiger partial charge >= 0.3 is 0 Å². The van der Waals surface area contributed by atoms with Gasteiger partial charge < -0.3 is 10.2 Å². The van der Waals surface area contributed by atoms with Gasteiger partial charge in [-0.3, -0.25) is 13.9 Å². The largest absolute Gasteiger partial charge is 0.355 e. The summed E-state index contributed by atoms with van der Waals surface area (Å²) in [7, 11) is -4.19. The number of carbonyl (C=O) groups excluding carboxylic acids is 2. The van der Waals surface area contributed by atoms with Crippen molar-refractivity contribution in [1.82, 2.24) is 10.2 Å². The van der Waals surface area contributed by atoms with Crippen LogP contribution in [-0.2, 0) is 26.2 Å². The van der Waals surface area contributed by atoms with Crippen molar-refractivity contribution in [1.29, 1.82) is 0 Å². The second-order valence-electron chi connectivity index (χ2n) is 8.78. The monoisotopic (exact) mass is 609 g/mol. The standard InChI is InChI=1S/C28H30Cl3N3O4S/c1-4-25(28(36)32-5-2)33(17-20-14-15-21(29)16-24(20)31)27(35)18-34(26-13-9-12-23(30)19(26)3)39(37,38)22-10-7-6-8-11-22/h6-16,25H,4-5,17-18H2,1-3H3,(H,32,36). The fourth-order valence-electron chi connectivity index (χ4n) is 4.14. The molecule has 0 radical (unpaired) electrons. The predicted molar refractivity (Wildman–Crippen MR) is 157 cm³/mol. The van der Waals surface area contributed by atoms with E-state index in [1.54, 1.807) is 75.4 Å². The lowest BCUT2D eigenvalue weighted by atomic mass is 10.1. The smallest absolute Gasteiger partial charge is 0.264 e.